The van der Waals surface area contributed by atoms with E-state index in [1.54, 1.807) is 11.8 Å². The quantitative estimate of drug-likeness (QED) is 0.162. The van der Waals surface area contributed by atoms with Crippen LogP contribution in [0.4, 0.5) is 11.6 Å². The van der Waals surface area contributed by atoms with Crippen LogP contribution in [0.25, 0.3) is 0 Å². The Labute approximate surface area is 268 Å². The lowest BCUT2D eigenvalue weighted by molar-refractivity contribution is -0.113. The lowest BCUT2D eigenvalue weighted by Crippen LogP contribution is -2.31. The lowest BCUT2D eigenvalue weighted by atomic mass is 9.95. The Morgan fingerprint density at radius 2 is 1.58 bits per heavy atom. The number of aryl methyl sites for hydroxylation is 4. The molecule has 4 aromatic carbocycles. The fourth-order valence-corrected chi connectivity index (χ4v) is 6.29. The van der Waals surface area contributed by atoms with Crippen molar-refractivity contribution in [2.24, 2.45) is 0 Å². The molecule has 1 unspecified atom stereocenters. The second kappa shape index (κ2) is 13.0. The van der Waals surface area contributed by atoms with Crippen LogP contribution < -0.4 is 15.4 Å². The first kappa shape index (κ1) is 30.2. The number of nitrogens with zero attached hydrogens (tertiary/aromatic N) is 3. The van der Waals surface area contributed by atoms with Gasteiger partial charge in [-0.05, 0) is 91.8 Å². The summed E-state index contributed by atoms with van der Waals surface area (Å²) in [5.74, 6) is 1.92. The van der Waals surface area contributed by atoms with Crippen LogP contribution in [0.3, 0.4) is 0 Å². The molecular weight excluding hydrogens is 579 g/mol. The van der Waals surface area contributed by atoms with Crippen molar-refractivity contribution in [2.75, 3.05) is 10.6 Å². The van der Waals surface area contributed by atoms with Crippen LogP contribution in [0.15, 0.2) is 107 Å². The third-order valence-corrected chi connectivity index (χ3v) is 9.13. The van der Waals surface area contributed by atoms with Crippen LogP contribution in [-0.2, 0) is 17.2 Å². The van der Waals surface area contributed by atoms with Crippen LogP contribution in [-0.4, -0.2) is 20.7 Å². The van der Waals surface area contributed by atoms with Gasteiger partial charge in [0.2, 0.25) is 11.1 Å². The van der Waals surface area contributed by atoms with Gasteiger partial charge in [-0.2, -0.15) is 4.98 Å². The molecule has 1 amide bonds. The molecule has 0 spiro atoms. The molecule has 1 atom stereocenters. The number of benzene rings is 4. The van der Waals surface area contributed by atoms with Crippen LogP contribution in [0, 0.1) is 27.7 Å². The zero-order chi connectivity index (χ0) is 31.5. The van der Waals surface area contributed by atoms with Gasteiger partial charge < -0.3 is 15.4 Å². The number of carbonyl (C=O) groups excluding carboxylic acids is 1. The van der Waals surface area contributed by atoms with Gasteiger partial charge in [-0.25, -0.2) is 4.68 Å². The first-order valence-electron chi connectivity index (χ1n) is 15.0. The molecule has 2 heterocycles. The minimum atomic E-state index is -0.486. The minimum absolute atomic E-state index is 0.190. The molecule has 1 aromatic heterocycles. The van der Waals surface area contributed by atoms with E-state index >= 15 is 0 Å². The summed E-state index contributed by atoms with van der Waals surface area (Å²) in [6.45, 7) is 10.8. The molecule has 0 bridgehead atoms. The van der Waals surface area contributed by atoms with Crippen molar-refractivity contribution in [3.8, 4) is 5.75 Å². The molecule has 45 heavy (non-hydrogen) atoms. The summed E-state index contributed by atoms with van der Waals surface area (Å²) in [4.78, 5) is 18.7. The maximum absolute atomic E-state index is 14.0. The lowest BCUT2D eigenvalue weighted by Gasteiger charge is -2.29. The van der Waals surface area contributed by atoms with Crippen molar-refractivity contribution < 1.29 is 9.53 Å². The van der Waals surface area contributed by atoms with Gasteiger partial charge in [0, 0.05) is 17.1 Å². The van der Waals surface area contributed by atoms with E-state index in [-0.39, 0.29) is 5.91 Å². The Bertz CT molecular complexity index is 1880. The van der Waals surface area contributed by atoms with Gasteiger partial charge in [0.25, 0.3) is 5.91 Å². The molecule has 0 aliphatic carbocycles. The first-order valence-corrected chi connectivity index (χ1v) is 16.0. The normalized spacial score (nSPS) is 14.1. The highest BCUT2D eigenvalue weighted by molar-refractivity contribution is 7.98. The zero-order valence-corrected chi connectivity index (χ0v) is 27.0. The smallest absolute Gasteiger partial charge is 0.255 e. The highest BCUT2D eigenvalue weighted by Crippen LogP contribution is 2.38. The summed E-state index contributed by atoms with van der Waals surface area (Å²) in [7, 11) is 0. The number of hydrogen-bond donors (Lipinski definition) is 2. The Kier molecular flexibility index (Phi) is 8.76. The molecule has 228 valence electrons. The van der Waals surface area contributed by atoms with Gasteiger partial charge in [0.05, 0.1) is 5.57 Å². The molecular formula is C37H37N5O2S. The number of rotatable bonds is 9. The van der Waals surface area contributed by atoms with Crippen LogP contribution in [0.1, 0.15) is 51.9 Å². The topological polar surface area (TPSA) is 81.1 Å². The summed E-state index contributed by atoms with van der Waals surface area (Å²) < 4.78 is 8.02. The van der Waals surface area contributed by atoms with E-state index in [0.29, 0.717) is 23.3 Å². The largest absolute Gasteiger partial charge is 0.489 e. The number of anilines is 2. The maximum Gasteiger partial charge on any atom is 0.255 e. The number of aromatic nitrogens is 3. The zero-order valence-electron chi connectivity index (χ0n) is 26.2. The van der Waals surface area contributed by atoms with Crippen LogP contribution in [0.5, 0.6) is 5.75 Å². The number of amides is 1. The van der Waals surface area contributed by atoms with Gasteiger partial charge in [-0.3, -0.25) is 4.79 Å². The first-order chi connectivity index (χ1) is 21.8. The van der Waals surface area contributed by atoms with Gasteiger partial charge in [0.15, 0.2) is 0 Å². The molecule has 5 aromatic rings. The number of ether oxygens (including phenoxy) is 1. The van der Waals surface area contributed by atoms with E-state index in [1.165, 1.54) is 27.8 Å². The highest BCUT2D eigenvalue weighted by atomic mass is 32.2. The molecule has 8 heteroatoms. The van der Waals surface area contributed by atoms with Gasteiger partial charge >= 0.3 is 0 Å². The Morgan fingerprint density at radius 1 is 0.867 bits per heavy atom. The summed E-state index contributed by atoms with van der Waals surface area (Å²) in [5.41, 5.74) is 10.1. The fourth-order valence-electron chi connectivity index (χ4n) is 5.50. The number of nitrogens with one attached hydrogen (secondary N) is 2. The number of thioether (sulfide) groups is 1. The van der Waals surface area contributed by atoms with Gasteiger partial charge in [-0.15, -0.1) is 5.10 Å². The third kappa shape index (κ3) is 6.66. The van der Waals surface area contributed by atoms with Crippen molar-refractivity contribution in [1.82, 2.24) is 14.8 Å². The number of fused-ring (bicyclic) bond motifs is 1. The third-order valence-electron chi connectivity index (χ3n) is 8.22. The van der Waals surface area contributed by atoms with Crippen molar-refractivity contribution in [1.29, 1.82) is 0 Å². The molecule has 2 N–H and O–H groups in total. The van der Waals surface area contributed by atoms with Crippen molar-refractivity contribution in [3.63, 3.8) is 0 Å². The van der Waals surface area contributed by atoms with E-state index < -0.39 is 6.04 Å². The van der Waals surface area contributed by atoms with E-state index in [2.05, 4.69) is 55.7 Å². The van der Waals surface area contributed by atoms with E-state index in [4.69, 9.17) is 14.8 Å². The number of hydrogen-bond acceptors (Lipinski definition) is 6. The Morgan fingerprint density at radius 3 is 2.33 bits per heavy atom. The Hall–Kier alpha value is -4.82. The molecule has 6 rings (SSSR count). The van der Waals surface area contributed by atoms with Crippen molar-refractivity contribution in [2.45, 2.75) is 58.2 Å². The van der Waals surface area contributed by atoms with E-state index in [1.807, 2.05) is 85.3 Å². The minimum Gasteiger partial charge on any atom is -0.489 e. The molecule has 1 aliphatic heterocycles. The molecule has 1 aliphatic rings. The highest BCUT2D eigenvalue weighted by Gasteiger charge is 2.34. The summed E-state index contributed by atoms with van der Waals surface area (Å²) in [6, 6.07) is 29.9. The fraction of sp³-hybridized carbons (Fsp3) is 0.216. The number of para-hydroxylation sites is 1. The average molecular weight is 616 g/mol. The molecule has 0 saturated carbocycles. The van der Waals surface area contributed by atoms with E-state index in [0.717, 1.165) is 34.0 Å². The molecule has 0 fully saturated rings. The van der Waals surface area contributed by atoms with Crippen LogP contribution >= 0.6 is 11.8 Å². The maximum atomic E-state index is 14.0. The predicted molar refractivity (Wildman–Crippen MR) is 182 cm³/mol. The summed E-state index contributed by atoms with van der Waals surface area (Å²) in [6.07, 6.45) is 0. The SMILES string of the molecule is CC1=C(C(=O)Nc2ccccc2C)C(c2ccc(OCc3cc(C)c(C)cc3C)cc2)n2nc(SCc3ccccc3)nc2N1. The second-order valence-electron chi connectivity index (χ2n) is 11.5. The number of carbonyl (C=O) groups is 1. The second-order valence-corrected chi connectivity index (χ2v) is 12.4. The van der Waals surface area contributed by atoms with Crippen LogP contribution in [0.2, 0.25) is 0 Å². The van der Waals surface area contributed by atoms with E-state index in [9.17, 15) is 4.79 Å². The average Bonchev–Trinajstić information content (AvgIpc) is 3.44. The standard InChI is InChI=1S/C37H37N5O2S/c1-23-11-9-10-14-32(23)39-35(43)33-27(5)38-36-40-37(45-22-28-12-7-6-8-13-28)41-42(36)34(33)29-15-17-31(18-16-29)44-21-30-20-25(3)24(2)19-26(30)4/h6-20,34H,21-22H2,1-5H3,(H,39,43)(H,38,40,41). The molecule has 0 saturated heterocycles. The molecule has 0 radical (unpaired) electrons. The number of allylic oxidation sites excluding steroid dienone is 1. The molecule has 7 nitrogen and oxygen atoms in total. The van der Waals surface area contributed by atoms with Gasteiger partial charge in [-0.1, -0.05) is 84.6 Å². The Balaban J connectivity index is 1.30. The van der Waals surface area contributed by atoms with Crippen molar-refractivity contribution >= 4 is 29.3 Å². The summed E-state index contributed by atoms with van der Waals surface area (Å²) in [5, 5.41) is 12.0. The summed E-state index contributed by atoms with van der Waals surface area (Å²) >= 11 is 1.57. The van der Waals surface area contributed by atoms with Gasteiger partial charge in [0.1, 0.15) is 18.4 Å². The monoisotopic (exact) mass is 615 g/mol. The predicted octanol–water partition coefficient (Wildman–Crippen LogP) is 8.31. The van der Waals surface area contributed by atoms with Crippen molar-refractivity contribution in [3.05, 3.63) is 141 Å².